The number of carbonyl (C=O) groups is 1. The third kappa shape index (κ3) is 7.76. The summed E-state index contributed by atoms with van der Waals surface area (Å²) >= 11 is 0. The average molecular weight is 348 g/mol. The maximum Gasteiger partial charge on any atom is 0.310 e. The lowest BCUT2D eigenvalue weighted by Gasteiger charge is -2.21. The first-order valence-electron chi connectivity index (χ1n) is 9.38. The van der Waals surface area contributed by atoms with Crippen LogP contribution in [0.2, 0.25) is 0 Å². The van der Waals surface area contributed by atoms with E-state index in [1.54, 1.807) is 0 Å². The highest BCUT2D eigenvalue weighted by molar-refractivity contribution is 5.83. The molecule has 3 nitrogen and oxygen atoms in total. The van der Waals surface area contributed by atoms with Crippen molar-refractivity contribution in [3.8, 4) is 0 Å². The van der Waals surface area contributed by atoms with Gasteiger partial charge in [0.15, 0.2) is 0 Å². The van der Waals surface area contributed by atoms with Crippen molar-refractivity contribution in [2.75, 3.05) is 12.4 Å². The summed E-state index contributed by atoms with van der Waals surface area (Å²) in [4.78, 5) is 12.2. The number of anilines is 1. The van der Waals surface area contributed by atoms with Gasteiger partial charge in [-0.2, -0.15) is 0 Å². The molecule has 0 aliphatic heterocycles. The molecule has 1 N–H and O–H groups in total. The van der Waals surface area contributed by atoms with Crippen molar-refractivity contribution in [3.63, 3.8) is 0 Å². The molecule has 0 saturated carbocycles. The summed E-state index contributed by atoms with van der Waals surface area (Å²) in [5, 5.41) is 3.28. The molecule has 142 valence electrons. The molecule has 0 aliphatic carbocycles. The largest absolute Gasteiger partial charge is 0.460 e. The van der Waals surface area contributed by atoms with Gasteiger partial charge in [0, 0.05) is 18.3 Å². The molecule has 0 bridgehead atoms. The van der Waals surface area contributed by atoms with Crippen LogP contribution in [-0.2, 0) is 16.0 Å². The van der Waals surface area contributed by atoms with Crippen LogP contribution in [0.25, 0.3) is 5.57 Å². The molecule has 25 heavy (non-hydrogen) atoms. The number of benzene rings is 1. The van der Waals surface area contributed by atoms with Crippen LogP contribution in [0.1, 0.15) is 78.0 Å². The first kappa shape index (κ1) is 23.2. The summed E-state index contributed by atoms with van der Waals surface area (Å²) in [5.41, 5.74) is 5.21. The molecule has 3 heteroatoms. The second-order valence-electron chi connectivity index (χ2n) is 6.98. The number of unbranched alkanes of at least 4 members (excludes halogenated alkanes) is 1. The maximum atomic E-state index is 12.2. The second kappa shape index (κ2) is 11.0. The Kier molecular flexibility index (Phi) is 10.2. The van der Waals surface area contributed by atoms with Gasteiger partial charge < -0.3 is 10.1 Å². The number of carbonyl (C=O) groups excluding carboxylic acids is 1. The van der Waals surface area contributed by atoms with E-state index in [4.69, 9.17) is 4.74 Å². The highest BCUT2D eigenvalue weighted by Crippen LogP contribution is 2.31. The zero-order valence-corrected chi connectivity index (χ0v) is 17.7. The summed E-state index contributed by atoms with van der Waals surface area (Å²) in [5.74, 6) is -0.195. The highest BCUT2D eigenvalue weighted by Gasteiger charge is 2.19. The molecular formula is C22H37NO2. The van der Waals surface area contributed by atoms with Gasteiger partial charge in [-0.05, 0) is 57.7 Å². The van der Waals surface area contributed by atoms with Crippen molar-refractivity contribution in [1.82, 2.24) is 0 Å². The Labute approximate surface area is 154 Å². The van der Waals surface area contributed by atoms with Crippen molar-refractivity contribution in [2.24, 2.45) is 0 Å². The zero-order chi connectivity index (χ0) is 19.6. The van der Waals surface area contributed by atoms with Crippen molar-refractivity contribution in [2.45, 2.75) is 80.3 Å². The molecule has 0 spiro atoms. The van der Waals surface area contributed by atoms with Crippen molar-refractivity contribution in [3.05, 3.63) is 34.9 Å². The van der Waals surface area contributed by atoms with Crippen LogP contribution >= 0.6 is 0 Å². The Hall–Kier alpha value is -1.77. The molecule has 0 unspecified atom stereocenters. The molecule has 0 aliphatic rings. The Morgan fingerprint density at radius 1 is 1.24 bits per heavy atom. The number of esters is 1. The van der Waals surface area contributed by atoms with E-state index in [0.717, 1.165) is 24.1 Å². The summed E-state index contributed by atoms with van der Waals surface area (Å²) in [6.07, 6.45) is 4.73. The van der Waals surface area contributed by atoms with E-state index in [0.29, 0.717) is 0 Å². The molecule has 0 atom stereocenters. The molecule has 0 fully saturated rings. The van der Waals surface area contributed by atoms with Gasteiger partial charge in [0.25, 0.3) is 0 Å². The molecule has 0 saturated heterocycles. The lowest BCUT2D eigenvalue weighted by atomic mass is 9.94. The lowest BCUT2D eigenvalue weighted by Crippen LogP contribution is -2.25. The minimum atomic E-state index is -0.457. The summed E-state index contributed by atoms with van der Waals surface area (Å²) in [6, 6.07) is 4.10. The highest BCUT2D eigenvalue weighted by atomic mass is 16.6. The van der Waals surface area contributed by atoms with Gasteiger partial charge in [-0.1, -0.05) is 45.4 Å². The third-order valence-electron chi connectivity index (χ3n) is 3.64. The van der Waals surface area contributed by atoms with Crippen LogP contribution in [0, 0.1) is 6.92 Å². The molecule has 1 aromatic carbocycles. The Morgan fingerprint density at radius 3 is 2.32 bits per heavy atom. The summed E-state index contributed by atoms with van der Waals surface area (Å²) in [6.45, 7) is 16.1. The molecule has 0 radical (unpaired) electrons. The van der Waals surface area contributed by atoms with Gasteiger partial charge in [-0.3, -0.25) is 4.79 Å². The van der Waals surface area contributed by atoms with E-state index in [-0.39, 0.29) is 12.4 Å². The summed E-state index contributed by atoms with van der Waals surface area (Å²) in [7, 11) is 1.91. The van der Waals surface area contributed by atoms with Crippen LogP contribution in [-0.4, -0.2) is 18.6 Å². The zero-order valence-electron chi connectivity index (χ0n) is 17.7. The molecule has 0 aromatic heterocycles. The van der Waals surface area contributed by atoms with Crippen LogP contribution in [0.3, 0.4) is 0 Å². The molecule has 0 amide bonds. The van der Waals surface area contributed by atoms with Crippen LogP contribution < -0.4 is 5.32 Å². The number of aryl methyl sites for hydroxylation is 1. The second-order valence-corrected chi connectivity index (χ2v) is 6.98. The summed E-state index contributed by atoms with van der Waals surface area (Å²) < 4.78 is 5.46. The quantitative estimate of drug-likeness (QED) is 0.627. The topological polar surface area (TPSA) is 38.3 Å². The molecule has 1 rings (SSSR count). The smallest absolute Gasteiger partial charge is 0.310 e. The van der Waals surface area contributed by atoms with E-state index in [1.165, 1.54) is 16.7 Å². The third-order valence-corrected chi connectivity index (χ3v) is 3.64. The van der Waals surface area contributed by atoms with E-state index >= 15 is 0 Å². The predicted octanol–water partition coefficient (Wildman–Crippen LogP) is 6.15. The molecule has 0 heterocycles. The first-order chi connectivity index (χ1) is 11.7. The first-order valence-corrected chi connectivity index (χ1v) is 9.38. The molecular weight excluding hydrogens is 310 g/mol. The van der Waals surface area contributed by atoms with Gasteiger partial charge in [-0.25, -0.2) is 0 Å². The van der Waals surface area contributed by atoms with Crippen molar-refractivity contribution >= 4 is 17.2 Å². The average Bonchev–Trinajstić information content (AvgIpc) is 2.53. The van der Waals surface area contributed by atoms with Gasteiger partial charge >= 0.3 is 5.97 Å². The maximum absolute atomic E-state index is 12.2. The van der Waals surface area contributed by atoms with E-state index in [2.05, 4.69) is 38.2 Å². The normalized spacial score (nSPS) is 11.5. The minimum Gasteiger partial charge on any atom is -0.460 e. The fourth-order valence-electron chi connectivity index (χ4n) is 2.69. The molecule has 1 aromatic rings. The Balaban J connectivity index is 0.00000277. The van der Waals surface area contributed by atoms with Gasteiger partial charge in [0.1, 0.15) is 5.60 Å². The van der Waals surface area contributed by atoms with Crippen molar-refractivity contribution in [1.29, 1.82) is 0 Å². The number of nitrogens with one attached hydrogen (secondary N) is 1. The van der Waals surface area contributed by atoms with E-state index in [9.17, 15) is 4.79 Å². The number of rotatable bonds is 6. The number of hydrogen-bond acceptors (Lipinski definition) is 3. The van der Waals surface area contributed by atoms with E-state index in [1.807, 2.05) is 47.7 Å². The van der Waals surface area contributed by atoms with Gasteiger partial charge in [0.05, 0.1) is 6.42 Å². The van der Waals surface area contributed by atoms with Crippen molar-refractivity contribution < 1.29 is 9.53 Å². The van der Waals surface area contributed by atoms with E-state index < -0.39 is 5.60 Å². The SMILES string of the molecule is CC.CCC/C=C(/C)c1c(C)ccc(CC(=O)OC(C)(C)C)c1NC. The predicted molar refractivity (Wildman–Crippen MR) is 110 cm³/mol. The monoisotopic (exact) mass is 347 g/mol. The van der Waals surface area contributed by atoms with Gasteiger partial charge in [0.2, 0.25) is 0 Å². The Bertz CT molecular complexity index is 580. The minimum absolute atomic E-state index is 0.195. The standard InChI is InChI=1S/C20H31NO2.C2H6/c1-8-9-10-14(2)18-15(3)11-12-16(19(18)21-7)13-17(22)23-20(4,5)6;1-2/h10-12,21H,8-9,13H2,1-7H3;1-2H3/b14-10-;. The fraction of sp³-hybridized carbons (Fsp3) is 0.591. The van der Waals surface area contributed by atoms with Gasteiger partial charge in [-0.15, -0.1) is 0 Å². The van der Waals surface area contributed by atoms with Crippen LogP contribution in [0.15, 0.2) is 18.2 Å². The Morgan fingerprint density at radius 2 is 1.84 bits per heavy atom. The lowest BCUT2D eigenvalue weighted by molar-refractivity contribution is -0.153. The fourth-order valence-corrected chi connectivity index (χ4v) is 2.69. The van der Waals surface area contributed by atoms with Crippen LogP contribution in [0.5, 0.6) is 0 Å². The number of ether oxygens (including phenoxy) is 1. The number of hydrogen-bond donors (Lipinski definition) is 1. The number of allylic oxidation sites excluding steroid dienone is 2. The van der Waals surface area contributed by atoms with Crippen LogP contribution in [0.4, 0.5) is 5.69 Å².